The second kappa shape index (κ2) is 19.3. The van der Waals surface area contributed by atoms with Crippen molar-refractivity contribution in [3.63, 3.8) is 0 Å². The number of hydrogen-bond donors (Lipinski definition) is 0. The third kappa shape index (κ3) is 7.59. The van der Waals surface area contributed by atoms with Gasteiger partial charge in [0.1, 0.15) is 0 Å². The van der Waals surface area contributed by atoms with Gasteiger partial charge >= 0.3 is 0 Å². The Kier molecular flexibility index (Phi) is 11.7. The molecule has 0 bridgehead atoms. The highest BCUT2D eigenvalue weighted by Gasteiger charge is 2.29. The van der Waals surface area contributed by atoms with Crippen molar-refractivity contribution in [2.24, 2.45) is 0 Å². The van der Waals surface area contributed by atoms with Crippen LogP contribution >= 0.6 is 0 Å². The largest absolute Gasteiger partial charge is 0.307 e. The monoisotopic (exact) mass is 976 g/mol. The number of rotatable bonds is 10. The first-order valence-electron chi connectivity index (χ1n) is 24.5. The Morgan fingerprint density at radius 1 is 0.276 bits per heavy atom. The first kappa shape index (κ1) is 46.2. The molecule has 0 N–H and O–H groups in total. The number of halogens is 2. The van der Waals surface area contributed by atoms with E-state index in [-0.39, 0.29) is 33.6 Å². The van der Waals surface area contributed by atoms with E-state index in [0.29, 0.717) is 67.3 Å². The Labute approximate surface area is 437 Å². The summed E-state index contributed by atoms with van der Waals surface area (Å²) < 4.78 is 36.8. The van der Waals surface area contributed by atoms with Crippen LogP contribution in [0.15, 0.2) is 231 Å². The molecule has 354 valence electrons. The normalized spacial score (nSPS) is 11.0. The SMILES string of the molecule is N#Cc1ccccc1-c1ccc(N(c2ccccc2)c2ccc3ccc4c(N(c5ccccc5)c5ccc(-c6ccccc6C#N)c(-c6ccccc6C#N)c5F)ccc5ccc2c3c54)c(F)c1-c1ccccc1C#N. The summed E-state index contributed by atoms with van der Waals surface area (Å²) in [5, 5.41) is 46.6. The molecule has 0 aliphatic carbocycles. The smallest absolute Gasteiger partial charge is 0.155 e. The third-order valence-electron chi connectivity index (χ3n) is 14.2. The van der Waals surface area contributed by atoms with Crippen LogP contribution in [-0.4, -0.2) is 0 Å². The lowest BCUT2D eigenvalue weighted by Crippen LogP contribution is -2.14. The molecule has 0 fully saturated rings. The fourth-order valence-corrected chi connectivity index (χ4v) is 10.8. The Morgan fingerprint density at radius 2 is 0.579 bits per heavy atom. The predicted octanol–water partition coefficient (Wildman–Crippen LogP) is 18.0. The van der Waals surface area contributed by atoms with Gasteiger partial charge in [0.25, 0.3) is 0 Å². The molecule has 76 heavy (non-hydrogen) atoms. The van der Waals surface area contributed by atoms with Gasteiger partial charge in [0.2, 0.25) is 0 Å². The molecule has 0 unspecified atom stereocenters. The van der Waals surface area contributed by atoms with Crippen LogP contribution in [0.2, 0.25) is 0 Å². The molecule has 0 amide bonds. The molecule has 12 aromatic rings. The molecule has 12 aromatic carbocycles. The minimum Gasteiger partial charge on any atom is -0.307 e. The Balaban J connectivity index is 1.11. The molecule has 0 aliphatic heterocycles. The van der Waals surface area contributed by atoms with E-state index in [1.54, 1.807) is 97.1 Å². The van der Waals surface area contributed by atoms with Crippen molar-refractivity contribution in [3.8, 4) is 68.8 Å². The Morgan fingerprint density at radius 3 is 0.947 bits per heavy atom. The number of para-hydroxylation sites is 2. The summed E-state index contributed by atoms with van der Waals surface area (Å²) in [4.78, 5) is 3.80. The van der Waals surface area contributed by atoms with E-state index in [2.05, 4.69) is 48.5 Å². The van der Waals surface area contributed by atoms with Crippen molar-refractivity contribution in [1.82, 2.24) is 0 Å². The van der Waals surface area contributed by atoms with Gasteiger partial charge in [-0.15, -0.1) is 0 Å². The highest BCUT2D eigenvalue weighted by molar-refractivity contribution is 6.28. The molecule has 0 heterocycles. The Hall–Kier alpha value is -10.9. The van der Waals surface area contributed by atoms with E-state index in [4.69, 9.17) is 0 Å². The van der Waals surface area contributed by atoms with Crippen LogP contribution in [0.1, 0.15) is 22.3 Å². The molecular weight excluding hydrogens is 939 g/mol. The van der Waals surface area contributed by atoms with Crippen LogP contribution in [0.5, 0.6) is 0 Å². The van der Waals surface area contributed by atoms with Crippen molar-refractivity contribution in [1.29, 1.82) is 21.0 Å². The van der Waals surface area contributed by atoms with Crippen LogP contribution in [0.25, 0.3) is 76.8 Å². The van der Waals surface area contributed by atoms with Crippen molar-refractivity contribution >= 4 is 66.4 Å². The zero-order chi connectivity index (χ0) is 51.9. The zero-order valence-corrected chi connectivity index (χ0v) is 40.4. The van der Waals surface area contributed by atoms with Crippen LogP contribution < -0.4 is 9.80 Å². The Bertz CT molecular complexity index is 4160. The fraction of sp³-hybridized carbons (Fsp3) is 0. The quantitative estimate of drug-likeness (QED) is 0.127. The summed E-state index contributed by atoms with van der Waals surface area (Å²) in [5.74, 6) is -1.16. The molecule has 0 aliphatic rings. The van der Waals surface area contributed by atoms with Gasteiger partial charge < -0.3 is 9.80 Å². The first-order chi connectivity index (χ1) is 37.4. The summed E-state index contributed by atoms with van der Waals surface area (Å²) in [6.07, 6.45) is 0. The topological polar surface area (TPSA) is 102 Å². The highest BCUT2D eigenvalue weighted by atomic mass is 19.1. The van der Waals surface area contributed by atoms with E-state index >= 15 is 8.78 Å². The number of benzene rings is 12. The molecule has 0 spiro atoms. The maximum atomic E-state index is 18.4. The molecule has 0 radical (unpaired) electrons. The average Bonchev–Trinajstić information content (AvgIpc) is 3.48. The van der Waals surface area contributed by atoms with E-state index in [9.17, 15) is 21.0 Å². The van der Waals surface area contributed by atoms with Gasteiger partial charge in [-0.25, -0.2) is 8.78 Å². The van der Waals surface area contributed by atoms with Gasteiger partial charge in [-0.2, -0.15) is 21.0 Å². The fourth-order valence-electron chi connectivity index (χ4n) is 10.8. The van der Waals surface area contributed by atoms with Gasteiger partial charge in [0.05, 0.1) is 69.3 Å². The predicted molar refractivity (Wildman–Crippen MR) is 300 cm³/mol. The summed E-state index contributed by atoms with van der Waals surface area (Å²) >= 11 is 0. The molecule has 8 heteroatoms. The van der Waals surface area contributed by atoms with Gasteiger partial charge in [0, 0.05) is 55.5 Å². The molecular formula is C68H38F2N6. The highest BCUT2D eigenvalue weighted by Crippen LogP contribution is 2.51. The molecule has 6 nitrogen and oxygen atoms in total. The standard InChI is InChI=1S/C68H38F2N6/c69-67-61(37-33-55(51-23-11-7-15-45(51)39-71)65(67)53-25-13-9-17-47(53)41-73)75(49-19-3-1-4-20-49)59-35-29-43-28-32-58-60(36-30-44-27-31-57(59)63(43)64(44)58)76(50-21-5-2-6-22-50)62-38-34-56(52-24-12-8-16-46(52)40-72)66(68(62)70)54-26-14-10-18-48(54)42-74/h1-38H. The first-order valence-corrected chi connectivity index (χ1v) is 24.5. The minimum absolute atomic E-state index is 0.190. The van der Waals surface area contributed by atoms with Crippen molar-refractivity contribution in [2.75, 3.05) is 9.80 Å². The van der Waals surface area contributed by atoms with Gasteiger partial charge in [0.15, 0.2) is 11.6 Å². The third-order valence-corrected chi connectivity index (χ3v) is 14.2. The van der Waals surface area contributed by atoms with Crippen LogP contribution in [0.3, 0.4) is 0 Å². The minimum atomic E-state index is -0.579. The maximum absolute atomic E-state index is 18.4. The zero-order valence-electron chi connectivity index (χ0n) is 40.4. The van der Waals surface area contributed by atoms with E-state index < -0.39 is 11.6 Å². The summed E-state index contributed by atoms with van der Waals surface area (Å²) in [6.45, 7) is 0. The van der Waals surface area contributed by atoms with Crippen molar-refractivity contribution in [2.45, 2.75) is 0 Å². The number of nitrogens with zero attached hydrogens (tertiary/aromatic N) is 6. The van der Waals surface area contributed by atoms with Crippen LogP contribution in [0, 0.1) is 57.0 Å². The van der Waals surface area contributed by atoms with E-state index in [1.807, 2.05) is 119 Å². The van der Waals surface area contributed by atoms with Crippen molar-refractivity contribution < 1.29 is 8.78 Å². The molecule has 12 rings (SSSR count). The summed E-state index contributed by atoms with van der Waals surface area (Å²) in [6, 6.07) is 79.6. The van der Waals surface area contributed by atoms with Crippen molar-refractivity contribution in [3.05, 3.63) is 264 Å². The number of nitriles is 4. The maximum Gasteiger partial charge on any atom is 0.155 e. The second-order valence-corrected chi connectivity index (χ2v) is 18.2. The van der Waals surface area contributed by atoms with Crippen LogP contribution in [-0.2, 0) is 0 Å². The molecule has 0 aromatic heterocycles. The molecule has 0 atom stereocenters. The molecule has 0 saturated carbocycles. The lowest BCUT2D eigenvalue weighted by molar-refractivity contribution is 0.632. The number of hydrogen-bond acceptors (Lipinski definition) is 6. The lowest BCUT2D eigenvalue weighted by Gasteiger charge is -2.30. The molecule has 0 saturated heterocycles. The summed E-state index contributed by atoms with van der Waals surface area (Å²) in [7, 11) is 0. The van der Waals surface area contributed by atoms with Gasteiger partial charge in [-0.3, -0.25) is 0 Å². The number of anilines is 6. The second-order valence-electron chi connectivity index (χ2n) is 18.2. The van der Waals surface area contributed by atoms with E-state index in [0.717, 1.165) is 32.3 Å². The van der Waals surface area contributed by atoms with Gasteiger partial charge in [-0.1, -0.05) is 158 Å². The van der Waals surface area contributed by atoms with E-state index in [1.165, 1.54) is 0 Å². The summed E-state index contributed by atoms with van der Waals surface area (Å²) in [5.41, 5.74) is 7.67. The van der Waals surface area contributed by atoms with Crippen LogP contribution in [0.4, 0.5) is 42.9 Å². The lowest BCUT2D eigenvalue weighted by atomic mass is 9.88. The average molecular weight is 977 g/mol. The van der Waals surface area contributed by atoms with Gasteiger partial charge in [-0.05, 0) is 105 Å².